The first-order valence-corrected chi connectivity index (χ1v) is 6.25. The molecular formula is C16H16N2O2. The van der Waals surface area contributed by atoms with E-state index in [1.165, 1.54) is 0 Å². The van der Waals surface area contributed by atoms with E-state index < -0.39 is 0 Å². The molecule has 4 heteroatoms. The van der Waals surface area contributed by atoms with Crippen LogP contribution >= 0.6 is 0 Å². The summed E-state index contributed by atoms with van der Waals surface area (Å²) in [6.45, 7) is 1.85. The molecule has 0 heterocycles. The van der Waals surface area contributed by atoms with Crippen LogP contribution in [-0.2, 0) is 0 Å². The van der Waals surface area contributed by atoms with E-state index in [1.54, 1.807) is 31.4 Å². The van der Waals surface area contributed by atoms with Crippen molar-refractivity contribution in [1.29, 1.82) is 0 Å². The fraction of sp³-hybridized carbons (Fsp3) is 0.125. The first kappa shape index (κ1) is 13.8. The van der Waals surface area contributed by atoms with Crippen LogP contribution in [0.25, 0.3) is 0 Å². The number of hydrogen-bond acceptors (Lipinski definition) is 3. The Morgan fingerprint density at radius 3 is 2.25 bits per heavy atom. The summed E-state index contributed by atoms with van der Waals surface area (Å²) < 4.78 is 5.05. The van der Waals surface area contributed by atoms with Gasteiger partial charge in [0.25, 0.3) is 5.91 Å². The highest BCUT2D eigenvalue weighted by Crippen LogP contribution is 2.11. The third kappa shape index (κ3) is 3.45. The Hall–Kier alpha value is -2.62. The van der Waals surface area contributed by atoms with E-state index in [4.69, 9.17) is 4.74 Å². The smallest absolute Gasteiger partial charge is 0.271 e. The number of rotatable bonds is 4. The zero-order chi connectivity index (χ0) is 14.4. The van der Waals surface area contributed by atoms with Crippen LogP contribution in [0.3, 0.4) is 0 Å². The van der Waals surface area contributed by atoms with E-state index in [-0.39, 0.29) is 5.91 Å². The molecule has 20 heavy (non-hydrogen) atoms. The van der Waals surface area contributed by atoms with Gasteiger partial charge in [0.15, 0.2) is 0 Å². The quantitative estimate of drug-likeness (QED) is 0.684. The van der Waals surface area contributed by atoms with E-state index in [0.717, 1.165) is 11.3 Å². The van der Waals surface area contributed by atoms with Gasteiger partial charge >= 0.3 is 0 Å². The molecule has 2 aromatic rings. The van der Waals surface area contributed by atoms with E-state index >= 15 is 0 Å². The predicted molar refractivity (Wildman–Crippen MR) is 79.1 cm³/mol. The number of benzene rings is 2. The number of methoxy groups -OCH3 is 1. The highest BCUT2D eigenvalue weighted by atomic mass is 16.5. The lowest BCUT2D eigenvalue weighted by atomic mass is 10.1. The Morgan fingerprint density at radius 2 is 1.65 bits per heavy atom. The summed E-state index contributed by atoms with van der Waals surface area (Å²) in [6.07, 6.45) is 0. The van der Waals surface area contributed by atoms with Crippen molar-refractivity contribution in [1.82, 2.24) is 5.43 Å². The number of hydrogen-bond donors (Lipinski definition) is 1. The molecule has 0 saturated carbocycles. The second-order valence-corrected chi connectivity index (χ2v) is 4.23. The molecule has 0 aromatic heterocycles. The molecule has 2 rings (SSSR count). The number of nitrogens with one attached hydrogen (secondary N) is 1. The van der Waals surface area contributed by atoms with Gasteiger partial charge in [0.2, 0.25) is 0 Å². The minimum atomic E-state index is -0.247. The Labute approximate surface area is 118 Å². The van der Waals surface area contributed by atoms with Gasteiger partial charge in [-0.05, 0) is 36.8 Å². The minimum absolute atomic E-state index is 0.247. The maximum atomic E-state index is 11.9. The molecule has 1 N–H and O–H groups in total. The van der Waals surface area contributed by atoms with Gasteiger partial charge in [0, 0.05) is 5.56 Å². The van der Waals surface area contributed by atoms with Gasteiger partial charge in [0.1, 0.15) is 5.75 Å². The molecule has 0 aliphatic heterocycles. The van der Waals surface area contributed by atoms with Crippen LogP contribution in [0.5, 0.6) is 5.75 Å². The second-order valence-electron chi connectivity index (χ2n) is 4.23. The molecule has 102 valence electrons. The highest BCUT2D eigenvalue weighted by molar-refractivity contribution is 6.00. The second kappa shape index (κ2) is 6.52. The fourth-order valence-corrected chi connectivity index (χ4v) is 1.69. The lowest BCUT2D eigenvalue weighted by Crippen LogP contribution is -2.19. The maximum absolute atomic E-state index is 11.9. The first-order valence-electron chi connectivity index (χ1n) is 6.25. The van der Waals surface area contributed by atoms with Crippen LogP contribution in [0.2, 0.25) is 0 Å². The third-order valence-electron chi connectivity index (χ3n) is 2.87. The van der Waals surface area contributed by atoms with Crippen molar-refractivity contribution in [3.63, 3.8) is 0 Å². The van der Waals surface area contributed by atoms with Crippen LogP contribution in [0, 0.1) is 0 Å². The Morgan fingerprint density at radius 1 is 1.00 bits per heavy atom. The molecule has 0 unspecified atom stereocenters. The zero-order valence-corrected chi connectivity index (χ0v) is 11.5. The van der Waals surface area contributed by atoms with Crippen molar-refractivity contribution in [3.05, 3.63) is 65.7 Å². The van der Waals surface area contributed by atoms with Gasteiger partial charge in [-0.1, -0.05) is 30.3 Å². The summed E-state index contributed by atoms with van der Waals surface area (Å²) in [6, 6.07) is 16.6. The molecule has 0 aliphatic rings. The zero-order valence-electron chi connectivity index (χ0n) is 11.5. The SMILES string of the molecule is COc1ccc(C(=O)NN=C(C)c2ccccc2)cc1. The lowest BCUT2D eigenvalue weighted by Gasteiger charge is -2.04. The summed E-state index contributed by atoms with van der Waals surface area (Å²) in [7, 11) is 1.59. The summed E-state index contributed by atoms with van der Waals surface area (Å²) in [5, 5.41) is 4.10. The van der Waals surface area contributed by atoms with Crippen molar-refractivity contribution in [2.45, 2.75) is 6.92 Å². The monoisotopic (exact) mass is 268 g/mol. The number of carbonyl (C=O) groups excluding carboxylic acids is 1. The third-order valence-corrected chi connectivity index (χ3v) is 2.87. The average molecular weight is 268 g/mol. The molecule has 0 bridgehead atoms. The van der Waals surface area contributed by atoms with Crippen LogP contribution < -0.4 is 10.2 Å². The summed E-state index contributed by atoms with van der Waals surface area (Å²) in [5.41, 5.74) is 4.81. The molecule has 1 amide bonds. The van der Waals surface area contributed by atoms with Crippen LogP contribution in [-0.4, -0.2) is 18.7 Å². The topological polar surface area (TPSA) is 50.7 Å². The number of amides is 1. The largest absolute Gasteiger partial charge is 0.497 e. The van der Waals surface area contributed by atoms with Crippen molar-refractivity contribution in [2.24, 2.45) is 5.10 Å². The summed E-state index contributed by atoms with van der Waals surface area (Å²) in [5.74, 6) is 0.466. The molecule has 0 aliphatic carbocycles. The molecule has 2 aromatic carbocycles. The van der Waals surface area contributed by atoms with E-state index in [1.807, 2.05) is 37.3 Å². The van der Waals surface area contributed by atoms with Crippen LogP contribution in [0.15, 0.2) is 59.7 Å². The first-order chi connectivity index (χ1) is 9.70. The molecule has 0 radical (unpaired) electrons. The van der Waals surface area contributed by atoms with Crippen molar-refractivity contribution < 1.29 is 9.53 Å². The number of ether oxygens (including phenoxy) is 1. The molecule has 4 nitrogen and oxygen atoms in total. The van der Waals surface area contributed by atoms with Crippen LogP contribution in [0.4, 0.5) is 0 Å². The van der Waals surface area contributed by atoms with Crippen molar-refractivity contribution in [2.75, 3.05) is 7.11 Å². The van der Waals surface area contributed by atoms with Gasteiger partial charge in [-0.2, -0.15) is 5.10 Å². The van der Waals surface area contributed by atoms with Crippen LogP contribution in [0.1, 0.15) is 22.8 Å². The van der Waals surface area contributed by atoms with Gasteiger partial charge in [-0.3, -0.25) is 4.79 Å². The summed E-state index contributed by atoms with van der Waals surface area (Å²) in [4.78, 5) is 11.9. The van der Waals surface area contributed by atoms with E-state index in [2.05, 4.69) is 10.5 Å². The van der Waals surface area contributed by atoms with Gasteiger partial charge in [0.05, 0.1) is 12.8 Å². The predicted octanol–water partition coefficient (Wildman–Crippen LogP) is 2.85. The molecule has 0 saturated heterocycles. The lowest BCUT2D eigenvalue weighted by molar-refractivity contribution is 0.0955. The molecular weight excluding hydrogens is 252 g/mol. The Kier molecular flexibility index (Phi) is 4.50. The maximum Gasteiger partial charge on any atom is 0.271 e. The van der Waals surface area contributed by atoms with Crippen molar-refractivity contribution >= 4 is 11.6 Å². The molecule has 0 fully saturated rings. The van der Waals surface area contributed by atoms with E-state index in [0.29, 0.717) is 11.3 Å². The van der Waals surface area contributed by atoms with E-state index in [9.17, 15) is 4.79 Å². The van der Waals surface area contributed by atoms with Gasteiger partial charge in [-0.25, -0.2) is 5.43 Å². The number of nitrogens with zero attached hydrogens (tertiary/aromatic N) is 1. The van der Waals surface area contributed by atoms with Gasteiger partial charge < -0.3 is 4.74 Å². The number of hydrazone groups is 1. The standard InChI is InChI=1S/C16H16N2O2/c1-12(13-6-4-3-5-7-13)17-18-16(19)14-8-10-15(20-2)11-9-14/h3-11H,1-2H3,(H,18,19). The highest BCUT2D eigenvalue weighted by Gasteiger charge is 2.04. The summed E-state index contributed by atoms with van der Waals surface area (Å²) >= 11 is 0. The molecule has 0 spiro atoms. The number of carbonyl (C=O) groups is 1. The Balaban J connectivity index is 2.04. The average Bonchev–Trinajstić information content (AvgIpc) is 2.53. The minimum Gasteiger partial charge on any atom is -0.497 e. The van der Waals surface area contributed by atoms with Gasteiger partial charge in [-0.15, -0.1) is 0 Å². The Bertz CT molecular complexity index is 604. The van der Waals surface area contributed by atoms with Crippen molar-refractivity contribution in [3.8, 4) is 5.75 Å². The molecule has 0 atom stereocenters. The normalized spacial score (nSPS) is 11.0. The fourth-order valence-electron chi connectivity index (χ4n) is 1.69.